The minimum atomic E-state index is 0.622. The van der Waals surface area contributed by atoms with Crippen LogP contribution >= 0.6 is 0 Å². The monoisotopic (exact) mass is 255 g/mol. The highest BCUT2D eigenvalue weighted by molar-refractivity contribution is 5.43. The SMILES string of the molecule is Cn1cc(CNc2ccc(-n3cccn3)nc2)nn1. The molecule has 0 bridgehead atoms. The van der Waals surface area contributed by atoms with Gasteiger partial charge in [0.05, 0.1) is 18.4 Å². The van der Waals surface area contributed by atoms with Crippen LogP contribution in [0.15, 0.2) is 43.0 Å². The molecule has 0 aliphatic rings. The third kappa shape index (κ3) is 2.59. The van der Waals surface area contributed by atoms with Gasteiger partial charge >= 0.3 is 0 Å². The van der Waals surface area contributed by atoms with E-state index in [9.17, 15) is 0 Å². The van der Waals surface area contributed by atoms with Gasteiger partial charge in [0.15, 0.2) is 5.82 Å². The average Bonchev–Trinajstić information content (AvgIpc) is 3.08. The number of nitrogens with zero attached hydrogens (tertiary/aromatic N) is 6. The lowest BCUT2D eigenvalue weighted by molar-refractivity contribution is 0.713. The van der Waals surface area contributed by atoms with Crippen molar-refractivity contribution in [3.63, 3.8) is 0 Å². The van der Waals surface area contributed by atoms with E-state index in [-0.39, 0.29) is 0 Å². The zero-order valence-electron chi connectivity index (χ0n) is 10.4. The molecule has 0 unspecified atom stereocenters. The molecule has 0 saturated carbocycles. The van der Waals surface area contributed by atoms with Gasteiger partial charge in [-0.3, -0.25) is 4.68 Å². The smallest absolute Gasteiger partial charge is 0.153 e. The third-order valence-electron chi connectivity index (χ3n) is 2.61. The Hall–Kier alpha value is -2.70. The number of pyridine rings is 1. The zero-order chi connectivity index (χ0) is 13.1. The standard InChI is InChI=1S/C12H13N7/c1-18-9-11(16-17-18)8-13-10-3-4-12(14-7-10)19-6-2-5-15-19/h2-7,9,13H,8H2,1H3. The lowest BCUT2D eigenvalue weighted by Crippen LogP contribution is -2.02. The molecule has 0 aliphatic heterocycles. The summed E-state index contributed by atoms with van der Waals surface area (Å²) < 4.78 is 3.39. The van der Waals surface area contributed by atoms with Crippen molar-refractivity contribution < 1.29 is 0 Å². The van der Waals surface area contributed by atoms with Crippen LogP contribution in [0.4, 0.5) is 5.69 Å². The first kappa shape index (κ1) is 11.4. The Morgan fingerprint density at radius 1 is 1.32 bits per heavy atom. The van der Waals surface area contributed by atoms with E-state index in [0.717, 1.165) is 17.2 Å². The molecule has 0 aromatic carbocycles. The van der Waals surface area contributed by atoms with Crippen molar-refractivity contribution in [3.8, 4) is 5.82 Å². The first-order valence-electron chi connectivity index (χ1n) is 5.86. The number of aryl methyl sites for hydroxylation is 1. The summed E-state index contributed by atoms with van der Waals surface area (Å²) in [6.07, 6.45) is 7.23. The second-order valence-electron chi connectivity index (χ2n) is 4.09. The maximum atomic E-state index is 4.34. The van der Waals surface area contributed by atoms with Crippen LogP contribution < -0.4 is 5.32 Å². The van der Waals surface area contributed by atoms with Crippen molar-refractivity contribution in [3.05, 3.63) is 48.7 Å². The van der Waals surface area contributed by atoms with E-state index in [1.165, 1.54) is 0 Å². The van der Waals surface area contributed by atoms with Gasteiger partial charge < -0.3 is 5.32 Å². The van der Waals surface area contributed by atoms with Crippen LogP contribution in [0.1, 0.15) is 5.69 Å². The van der Waals surface area contributed by atoms with Crippen LogP contribution in [0.2, 0.25) is 0 Å². The van der Waals surface area contributed by atoms with E-state index in [4.69, 9.17) is 0 Å². The number of hydrogen-bond donors (Lipinski definition) is 1. The van der Waals surface area contributed by atoms with Gasteiger partial charge in [-0.05, 0) is 18.2 Å². The predicted octanol–water partition coefficient (Wildman–Crippen LogP) is 1.01. The number of rotatable bonds is 4. The summed E-state index contributed by atoms with van der Waals surface area (Å²) in [6.45, 7) is 0.622. The highest BCUT2D eigenvalue weighted by Crippen LogP contribution is 2.09. The molecule has 3 aromatic heterocycles. The maximum absolute atomic E-state index is 4.34. The van der Waals surface area contributed by atoms with Gasteiger partial charge in [0.2, 0.25) is 0 Å². The number of nitrogens with one attached hydrogen (secondary N) is 1. The zero-order valence-corrected chi connectivity index (χ0v) is 10.4. The van der Waals surface area contributed by atoms with Crippen LogP contribution in [-0.4, -0.2) is 29.8 Å². The maximum Gasteiger partial charge on any atom is 0.153 e. The molecule has 0 amide bonds. The van der Waals surface area contributed by atoms with Crippen molar-refractivity contribution >= 4 is 5.69 Å². The van der Waals surface area contributed by atoms with Crippen LogP contribution in [0.5, 0.6) is 0 Å². The largest absolute Gasteiger partial charge is 0.378 e. The Kier molecular flexibility index (Phi) is 2.93. The van der Waals surface area contributed by atoms with Crippen molar-refractivity contribution in [1.29, 1.82) is 0 Å². The van der Waals surface area contributed by atoms with E-state index in [2.05, 4.69) is 25.7 Å². The van der Waals surface area contributed by atoms with Crippen molar-refractivity contribution in [2.24, 2.45) is 7.05 Å². The van der Waals surface area contributed by atoms with E-state index in [1.54, 1.807) is 21.8 Å². The molecule has 3 rings (SSSR count). The quantitative estimate of drug-likeness (QED) is 0.753. The van der Waals surface area contributed by atoms with Crippen molar-refractivity contribution in [1.82, 2.24) is 29.8 Å². The van der Waals surface area contributed by atoms with Gasteiger partial charge in [0, 0.05) is 25.6 Å². The summed E-state index contributed by atoms with van der Waals surface area (Å²) in [5.41, 5.74) is 1.82. The Bertz CT molecular complexity index is 639. The van der Waals surface area contributed by atoms with Gasteiger partial charge in [0.1, 0.15) is 5.69 Å². The molecule has 0 saturated heterocycles. The topological polar surface area (TPSA) is 73.5 Å². The summed E-state index contributed by atoms with van der Waals surface area (Å²) in [7, 11) is 1.84. The molecule has 1 N–H and O–H groups in total. The Labute approximate surface area is 109 Å². The fraction of sp³-hybridized carbons (Fsp3) is 0.167. The minimum absolute atomic E-state index is 0.622. The fourth-order valence-electron chi connectivity index (χ4n) is 1.70. The summed E-state index contributed by atoms with van der Waals surface area (Å²) in [5.74, 6) is 0.787. The third-order valence-corrected chi connectivity index (χ3v) is 2.61. The van der Waals surface area contributed by atoms with Crippen LogP contribution in [0.25, 0.3) is 5.82 Å². The summed E-state index contributed by atoms with van der Waals surface area (Å²) in [4.78, 5) is 4.34. The lowest BCUT2D eigenvalue weighted by atomic mass is 10.4. The molecule has 96 valence electrons. The molecular formula is C12H13N7. The van der Waals surface area contributed by atoms with Crippen LogP contribution in [-0.2, 0) is 13.6 Å². The first-order chi connectivity index (χ1) is 9.31. The van der Waals surface area contributed by atoms with Crippen LogP contribution in [0, 0.1) is 0 Å². The van der Waals surface area contributed by atoms with Gasteiger partial charge in [-0.15, -0.1) is 5.10 Å². The predicted molar refractivity (Wildman–Crippen MR) is 69.7 cm³/mol. The molecular weight excluding hydrogens is 242 g/mol. The van der Waals surface area contributed by atoms with Gasteiger partial charge in [-0.1, -0.05) is 5.21 Å². The Morgan fingerprint density at radius 2 is 2.26 bits per heavy atom. The normalized spacial score (nSPS) is 10.6. The Morgan fingerprint density at radius 3 is 2.89 bits per heavy atom. The first-order valence-corrected chi connectivity index (χ1v) is 5.86. The summed E-state index contributed by atoms with van der Waals surface area (Å²) in [6, 6.07) is 5.73. The molecule has 0 atom stereocenters. The van der Waals surface area contributed by atoms with Gasteiger partial charge in [0.25, 0.3) is 0 Å². The summed E-state index contributed by atoms with van der Waals surface area (Å²) >= 11 is 0. The molecule has 7 nitrogen and oxygen atoms in total. The average molecular weight is 255 g/mol. The van der Waals surface area contributed by atoms with Gasteiger partial charge in [-0.2, -0.15) is 5.10 Å². The number of anilines is 1. The number of aromatic nitrogens is 6. The molecule has 0 radical (unpaired) electrons. The van der Waals surface area contributed by atoms with Crippen LogP contribution in [0.3, 0.4) is 0 Å². The molecule has 3 heterocycles. The minimum Gasteiger partial charge on any atom is -0.378 e. The molecule has 0 fully saturated rings. The second-order valence-corrected chi connectivity index (χ2v) is 4.09. The molecule has 3 aromatic rings. The molecule has 0 spiro atoms. The number of hydrogen-bond acceptors (Lipinski definition) is 5. The highest BCUT2D eigenvalue weighted by Gasteiger charge is 2.00. The second kappa shape index (κ2) is 4.89. The van der Waals surface area contributed by atoms with Crippen molar-refractivity contribution in [2.75, 3.05) is 5.32 Å². The molecule has 7 heteroatoms. The highest BCUT2D eigenvalue weighted by atomic mass is 15.4. The Balaban J connectivity index is 1.66. The van der Waals surface area contributed by atoms with Crippen molar-refractivity contribution in [2.45, 2.75) is 6.54 Å². The van der Waals surface area contributed by atoms with E-state index >= 15 is 0 Å². The van der Waals surface area contributed by atoms with Gasteiger partial charge in [-0.25, -0.2) is 9.67 Å². The lowest BCUT2D eigenvalue weighted by Gasteiger charge is -2.05. The fourth-order valence-corrected chi connectivity index (χ4v) is 1.70. The van der Waals surface area contributed by atoms with E-state index < -0.39 is 0 Å². The van der Waals surface area contributed by atoms with E-state index in [0.29, 0.717) is 6.54 Å². The summed E-state index contributed by atoms with van der Waals surface area (Å²) in [5, 5.41) is 15.2. The molecule has 19 heavy (non-hydrogen) atoms. The van der Waals surface area contributed by atoms with E-state index in [1.807, 2.05) is 37.6 Å². The molecule has 0 aliphatic carbocycles.